The van der Waals surface area contributed by atoms with Gasteiger partial charge in [0.05, 0.1) is 11.4 Å². The van der Waals surface area contributed by atoms with Crippen molar-refractivity contribution in [1.29, 1.82) is 0 Å². The molecule has 2 heterocycles. The lowest BCUT2D eigenvalue weighted by molar-refractivity contribution is 0.619. The molecule has 0 aliphatic rings. The first kappa shape index (κ1) is 12.5. The molecule has 1 aromatic carbocycles. The molecule has 4 nitrogen and oxygen atoms in total. The molecule has 0 amide bonds. The lowest BCUT2D eigenvalue weighted by Gasteiger charge is -1.97. The molecule has 0 fully saturated rings. The van der Waals surface area contributed by atoms with Crippen LogP contribution < -0.4 is 0 Å². The topological polar surface area (TPSA) is 42.0 Å². The van der Waals surface area contributed by atoms with Crippen LogP contribution in [0.25, 0.3) is 5.65 Å². The summed E-state index contributed by atoms with van der Waals surface area (Å²) in [5, 5.41) is 8.40. The smallest absolute Gasteiger partial charge is 0.182 e. The van der Waals surface area contributed by atoms with Gasteiger partial charge in [-0.3, -0.25) is 4.40 Å². The van der Waals surface area contributed by atoms with Gasteiger partial charge in [0.2, 0.25) is 0 Å². The Bertz CT molecular complexity index is 805. The number of hydrogen-bond donors (Lipinski definition) is 0. The zero-order valence-corrected chi connectivity index (χ0v) is 11.2. The van der Waals surface area contributed by atoms with Crippen molar-refractivity contribution in [2.75, 3.05) is 0 Å². The van der Waals surface area contributed by atoms with Crippen molar-refractivity contribution in [1.82, 2.24) is 9.38 Å². The standard InChI is InChI=1S/C15H13FN4/c1-10-4-3-5-13(8-10)18-19-15-11(2)17-14-7-6-12(16)9-20(14)15/h3-9H,1-2H3. The largest absolute Gasteiger partial charge is 0.280 e. The highest BCUT2D eigenvalue weighted by molar-refractivity contribution is 5.52. The van der Waals surface area contributed by atoms with Gasteiger partial charge in [0.15, 0.2) is 5.82 Å². The van der Waals surface area contributed by atoms with Crippen molar-refractivity contribution < 1.29 is 4.39 Å². The summed E-state index contributed by atoms with van der Waals surface area (Å²) in [6.45, 7) is 3.82. The third kappa shape index (κ3) is 2.30. The number of aromatic nitrogens is 2. The molecule has 0 saturated carbocycles. The van der Waals surface area contributed by atoms with Gasteiger partial charge in [0, 0.05) is 6.20 Å². The van der Waals surface area contributed by atoms with E-state index in [-0.39, 0.29) is 5.82 Å². The average molecular weight is 268 g/mol. The Hall–Kier alpha value is -2.56. The highest BCUT2D eigenvalue weighted by Crippen LogP contribution is 2.24. The summed E-state index contributed by atoms with van der Waals surface area (Å²) in [5.74, 6) is 0.211. The predicted molar refractivity (Wildman–Crippen MR) is 75.2 cm³/mol. The summed E-state index contributed by atoms with van der Waals surface area (Å²) in [6.07, 6.45) is 1.36. The molecule has 100 valence electrons. The fourth-order valence-corrected chi connectivity index (χ4v) is 2.04. The van der Waals surface area contributed by atoms with E-state index < -0.39 is 0 Å². The Balaban J connectivity index is 2.06. The van der Waals surface area contributed by atoms with E-state index in [0.717, 1.165) is 11.3 Å². The molecule has 0 unspecified atom stereocenters. The Morgan fingerprint density at radius 1 is 1.10 bits per heavy atom. The number of azo groups is 1. The van der Waals surface area contributed by atoms with Crippen LogP contribution in [0.2, 0.25) is 0 Å². The predicted octanol–water partition coefficient (Wildman–Crippen LogP) is 4.51. The lowest BCUT2D eigenvalue weighted by Crippen LogP contribution is -1.85. The van der Waals surface area contributed by atoms with Gasteiger partial charge in [-0.05, 0) is 43.7 Å². The summed E-state index contributed by atoms with van der Waals surface area (Å²) in [7, 11) is 0. The van der Waals surface area contributed by atoms with Gasteiger partial charge in [-0.1, -0.05) is 12.1 Å². The zero-order valence-electron chi connectivity index (χ0n) is 11.2. The Morgan fingerprint density at radius 3 is 2.75 bits per heavy atom. The van der Waals surface area contributed by atoms with E-state index in [0.29, 0.717) is 17.2 Å². The second-order valence-corrected chi connectivity index (χ2v) is 4.64. The number of hydrogen-bond acceptors (Lipinski definition) is 3. The van der Waals surface area contributed by atoms with Crippen molar-refractivity contribution in [3.63, 3.8) is 0 Å². The molecule has 0 spiro atoms. The van der Waals surface area contributed by atoms with Crippen LogP contribution in [-0.4, -0.2) is 9.38 Å². The minimum atomic E-state index is -0.332. The van der Waals surface area contributed by atoms with E-state index in [1.54, 1.807) is 10.5 Å². The summed E-state index contributed by atoms with van der Waals surface area (Å²) in [5.41, 5.74) is 3.24. The quantitative estimate of drug-likeness (QED) is 0.631. The number of pyridine rings is 1. The molecule has 0 aliphatic heterocycles. The molecule has 0 radical (unpaired) electrons. The molecule has 0 atom stereocenters. The summed E-state index contributed by atoms with van der Waals surface area (Å²) in [6, 6.07) is 10.7. The first-order valence-electron chi connectivity index (χ1n) is 6.26. The third-order valence-electron chi connectivity index (χ3n) is 2.99. The first-order chi connectivity index (χ1) is 9.63. The van der Waals surface area contributed by atoms with Crippen molar-refractivity contribution in [3.8, 4) is 0 Å². The van der Waals surface area contributed by atoms with Crippen LogP contribution >= 0.6 is 0 Å². The lowest BCUT2D eigenvalue weighted by atomic mass is 10.2. The number of benzene rings is 1. The van der Waals surface area contributed by atoms with Gasteiger partial charge in [0.25, 0.3) is 0 Å². The van der Waals surface area contributed by atoms with Gasteiger partial charge >= 0.3 is 0 Å². The third-order valence-corrected chi connectivity index (χ3v) is 2.99. The van der Waals surface area contributed by atoms with Crippen molar-refractivity contribution in [2.24, 2.45) is 10.2 Å². The fourth-order valence-electron chi connectivity index (χ4n) is 2.04. The summed E-state index contributed by atoms with van der Waals surface area (Å²) in [4.78, 5) is 4.33. The molecule has 3 rings (SSSR count). The van der Waals surface area contributed by atoms with E-state index >= 15 is 0 Å². The SMILES string of the molecule is Cc1cccc(N=Nc2c(C)nc3ccc(F)cn23)c1. The molecular formula is C15H13FN4. The van der Waals surface area contributed by atoms with Crippen LogP contribution in [0, 0.1) is 19.7 Å². The van der Waals surface area contributed by atoms with Crippen LogP contribution in [0.1, 0.15) is 11.3 Å². The van der Waals surface area contributed by atoms with Gasteiger partial charge in [-0.2, -0.15) is 0 Å². The molecule has 3 aromatic rings. The number of aryl methyl sites for hydroxylation is 2. The fraction of sp³-hybridized carbons (Fsp3) is 0.133. The number of halogens is 1. The molecule has 5 heteroatoms. The van der Waals surface area contributed by atoms with Crippen LogP contribution in [0.5, 0.6) is 0 Å². The number of rotatable bonds is 2. The van der Waals surface area contributed by atoms with Gasteiger partial charge in [0.1, 0.15) is 11.5 Å². The van der Waals surface area contributed by atoms with E-state index in [4.69, 9.17) is 0 Å². The minimum absolute atomic E-state index is 0.332. The average Bonchev–Trinajstić information content (AvgIpc) is 2.72. The van der Waals surface area contributed by atoms with E-state index in [9.17, 15) is 4.39 Å². The molecule has 0 bridgehead atoms. The Morgan fingerprint density at radius 2 is 1.95 bits per heavy atom. The normalized spacial score (nSPS) is 11.6. The molecule has 0 aliphatic carbocycles. The van der Waals surface area contributed by atoms with Gasteiger partial charge < -0.3 is 0 Å². The number of nitrogens with zero attached hydrogens (tertiary/aromatic N) is 4. The van der Waals surface area contributed by atoms with Crippen LogP contribution in [-0.2, 0) is 0 Å². The van der Waals surface area contributed by atoms with E-state index in [2.05, 4.69) is 15.2 Å². The minimum Gasteiger partial charge on any atom is -0.280 e. The van der Waals surface area contributed by atoms with Crippen molar-refractivity contribution in [3.05, 3.63) is 59.7 Å². The molecule has 2 aromatic heterocycles. The highest BCUT2D eigenvalue weighted by atomic mass is 19.1. The Labute approximate surface area is 115 Å². The number of imidazole rings is 1. The van der Waals surface area contributed by atoms with Gasteiger partial charge in [-0.15, -0.1) is 10.2 Å². The maximum atomic E-state index is 13.3. The Kier molecular flexibility index (Phi) is 3.02. The summed E-state index contributed by atoms with van der Waals surface area (Å²) < 4.78 is 14.9. The second kappa shape index (κ2) is 4.85. The molecular weight excluding hydrogens is 255 g/mol. The van der Waals surface area contributed by atoms with E-state index in [1.807, 2.05) is 38.1 Å². The highest BCUT2D eigenvalue weighted by Gasteiger charge is 2.08. The zero-order chi connectivity index (χ0) is 14.1. The van der Waals surface area contributed by atoms with Crippen LogP contribution in [0.4, 0.5) is 15.9 Å². The summed E-state index contributed by atoms with van der Waals surface area (Å²) >= 11 is 0. The molecule has 0 N–H and O–H groups in total. The number of fused-ring (bicyclic) bond motifs is 1. The van der Waals surface area contributed by atoms with Crippen LogP contribution in [0.15, 0.2) is 52.8 Å². The first-order valence-corrected chi connectivity index (χ1v) is 6.26. The second-order valence-electron chi connectivity index (χ2n) is 4.64. The molecule has 0 saturated heterocycles. The van der Waals surface area contributed by atoms with Crippen molar-refractivity contribution in [2.45, 2.75) is 13.8 Å². The van der Waals surface area contributed by atoms with Crippen LogP contribution in [0.3, 0.4) is 0 Å². The van der Waals surface area contributed by atoms with Gasteiger partial charge in [-0.25, -0.2) is 9.37 Å². The molecule has 20 heavy (non-hydrogen) atoms. The van der Waals surface area contributed by atoms with Crippen molar-refractivity contribution >= 4 is 17.2 Å². The monoisotopic (exact) mass is 268 g/mol. The van der Waals surface area contributed by atoms with E-state index in [1.165, 1.54) is 12.3 Å². The maximum absolute atomic E-state index is 13.3. The maximum Gasteiger partial charge on any atom is 0.182 e.